The lowest BCUT2D eigenvalue weighted by atomic mass is 10.1. The summed E-state index contributed by atoms with van der Waals surface area (Å²) < 4.78 is 15.8. The second kappa shape index (κ2) is 6.45. The smallest absolute Gasteiger partial charge is 0.279 e. The zero-order chi connectivity index (χ0) is 17.1. The average Bonchev–Trinajstić information content (AvgIpc) is 3.23. The zero-order valence-electron chi connectivity index (χ0n) is 13.4. The Kier molecular flexibility index (Phi) is 4.19. The molecule has 0 fully saturated rings. The van der Waals surface area contributed by atoms with Crippen molar-refractivity contribution < 1.29 is 18.8 Å². The minimum absolute atomic E-state index is 0.135. The van der Waals surface area contributed by atoms with Gasteiger partial charge in [-0.05, 0) is 25.1 Å². The van der Waals surface area contributed by atoms with Crippen LogP contribution in [-0.4, -0.2) is 35.5 Å². The summed E-state index contributed by atoms with van der Waals surface area (Å²) >= 11 is 0. The maximum absolute atomic E-state index is 12.2. The highest BCUT2D eigenvalue weighted by Crippen LogP contribution is 2.33. The van der Waals surface area contributed by atoms with Crippen molar-refractivity contribution in [2.75, 3.05) is 19.5 Å². The maximum atomic E-state index is 12.2. The molecular formula is C16H16N4O4. The van der Waals surface area contributed by atoms with Gasteiger partial charge in [-0.3, -0.25) is 9.89 Å². The van der Waals surface area contributed by atoms with Gasteiger partial charge in [0.15, 0.2) is 17.3 Å². The molecule has 8 heteroatoms. The number of amides is 1. The fourth-order valence-electron chi connectivity index (χ4n) is 2.18. The van der Waals surface area contributed by atoms with Gasteiger partial charge in [-0.25, -0.2) is 0 Å². The Morgan fingerprint density at radius 1 is 1.21 bits per heavy atom. The molecule has 2 heterocycles. The van der Waals surface area contributed by atoms with Gasteiger partial charge in [-0.15, -0.1) is 0 Å². The number of rotatable bonds is 5. The molecule has 8 nitrogen and oxygen atoms in total. The number of nitrogens with zero attached hydrogens (tertiary/aromatic N) is 2. The van der Waals surface area contributed by atoms with E-state index >= 15 is 0 Å². The van der Waals surface area contributed by atoms with Gasteiger partial charge in [0.2, 0.25) is 0 Å². The van der Waals surface area contributed by atoms with E-state index < -0.39 is 5.91 Å². The lowest BCUT2D eigenvalue weighted by Gasteiger charge is -2.07. The summed E-state index contributed by atoms with van der Waals surface area (Å²) in [5.74, 6) is 1.62. The normalized spacial score (nSPS) is 10.5. The number of methoxy groups -OCH3 is 2. The Balaban J connectivity index is 1.86. The summed E-state index contributed by atoms with van der Waals surface area (Å²) in [6.07, 6.45) is 0. The van der Waals surface area contributed by atoms with Gasteiger partial charge in [0.05, 0.1) is 19.8 Å². The molecule has 0 bridgehead atoms. The van der Waals surface area contributed by atoms with Crippen LogP contribution < -0.4 is 14.8 Å². The molecule has 0 atom stereocenters. The van der Waals surface area contributed by atoms with Crippen molar-refractivity contribution in [2.45, 2.75) is 6.92 Å². The van der Waals surface area contributed by atoms with Crippen molar-refractivity contribution in [2.24, 2.45) is 0 Å². The number of carbonyl (C=O) groups is 1. The molecular weight excluding hydrogens is 312 g/mol. The number of aromatic nitrogens is 3. The lowest BCUT2D eigenvalue weighted by molar-refractivity contribution is 0.101. The van der Waals surface area contributed by atoms with Crippen molar-refractivity contribution in [3.63, 3.8) is 0 Å². The molecule has 0 spiro atoms. The van der Waals surface area contributed by atoms with Gasteiger partial charge in [0.1, 0.15) is 11.5 Å². The zero-order valence-corrected chi connectivity index (χ0v) is 13.4. The molecule has 0 saturated carbocycles. The van der Waals surface area contributed by atoms with E-state index in [4.69, 9.17) is 14.0 Å². The topological polar surface area (TPSA) is 102 Å². The van der Waals surface area contributed by atoms with Gasteiger partial charge in [-0.2, -0.15) is 5.10 Å². The van der Waals surface area contributed by atoms with E-state index in [0.29, 0.717) is 28.6 Å². The van der Waals surface area contributed by atoms with Crippen LogP contribution in [-0.2, 0) is 0 Å². The third-order valence-electron chi connectivity index (χ3n) is 3.36. The molecule has 124 valence electrons. The molecule has 0 aliphatic rings. The Bertz CT molecular complexity index is 869. The third-order valence-corrected chi connectivity index (χ3v) is 3.36. The van der Waals surface area contributed by atoms with Crippen molar-refractivity contribution in [3.8, 4) is 22.8 Å². The van der Waals surface area contributed by atoms with Crippen LogP contribution in [0.4, 0.5) is 5.82 Å². The van der Waals surface area contributed by atoms with Gasteiger partial charge >= 0.3 is 0 Å². The molecule has 0 aliphatic heterocycles. The molecule has 3 aromatic rings. The van der Waals surface area contributed by atoms with Crippen LogP contribution in [0.25, 0.3) is 11.3 Å². The second-order valence-corrected chi connectivity index (χ2v) is 5.03. The number of aryl methyl sites for hydroxylation is 1. The first-order valence-corrected chi connectivity index (χ1v) is 7.13. The summed E-state index contributed by atoms with van der Waals surface area (Å²) in [5.41, 5.74) is 1.61. The highest BCUT2D eigenvalue weighted by atomic mass is 16.5. The fourth-order valence-corrected chi connectivity index (χ4v) is 2.18. The molecule has 1 aromatic carbocycles. The maximum Gasteiger partial charge on any atom is 0.279 e. The molecule has 0 unspecified atom stereocenters. The van der Waals surface area contributed by atoms with Crippen molar-refractivity contribution in [1.29, 1.82) is 0 Å². The van der Waals surface area contributed by atoms with E-state index in [-0.39, 0.29) is 5.69 Å². The lowest BCUT2D eigenvalue weighted by Crippen LogP contribution is -2.12. The standard InChI is InChI=1S/C16H16N4O4/c1-9-6-15(19-18-9)17-16(21)12-8-14(24-20-12)11-7-10(22-2)4-5-13(11)23-3/h4-8H,1-3H3,(H2,17,18,19,21). The predicted octanol–water partition coefficient (Wildman–Crippen LogP) is 2.64. The second-order valence-electron chi connectivity index (χ2n) is 5.03. The quantitative estimate of drug-likeness (QED) is 0.746. The summed E-state index contributed by atoms with van der Waals surface area (Å²) in [6.45, 7) is 1.84. The van der Waals surface area contributed by atoms with E-state index in [1.54, 1.807) is 38.5 Å². The van der Waals surface area contributed by atoms with Crippen LogP contribution in [0.3, 0.4) is 0 Å². The van der Waals surface area contributed by atoms with Crippen molar-refractivity contribution >= 4 is 11.7 Å². The summed E-state index contributed by atoms with van der Waals surface area (Å²) in [5, 5.41) is 13.1. The van der Waals surface area contributed by atoms with Gasteiger partial charge < -0.3 is 19.3 Å². The van der Waals surface area contributed by atoms with Gasteiger partial charge in [0, 0.05) is 17.8 Å². The summed E-state index contributed by atoms with van der Waals surface area (Å²) in [7, 11) is 3.12. The molecule has 2 N–H and O–H groups in total. The molecule has 1 amide bonds. The number of anilines is 1. The first-order valence-electron chi connectivity index (χ1n) is 7.13. The number of carbonyl (C=O) groups excluding carboxylic acids is 1. The number of H-pyrrole nitrogens is 1. The van der Waals surface area contributed by atoms with E-state index in [1.807, 2.05) is 6.92 Å². The minimum Gasteiger partial charge on any atom is -0.497 e. The molecule has 0 radical (unpaired) electrons. The number of benzene rings is 1. The van der Waals surface area contributed by atoms with Crippen LogP contribution in [0.1, 0.15) is 16.2 Å². The number of hydrogen-bond donors (Lipinski definition) is 2. The first kappa shape index (κ1) is 15.6. The van der Waals surface area contributed by atoms with E-state index in [0.717, 1.165) is 5.69 Å². The predicted molar refractivity (Wildman–Crippen MR) is 86.3 cm³/mol. The third kappa shape index (κ3) is 3.07. The fraction of sp³-hybridized carbons (Fsp3) is 0.188. The molecule has 3 rings (SSSR count). The molecule has 0 saturated heterocycles. The SMILES string of the molecule is COc1ccc(OC)c(-c2cc(C(=O)Nc3cc(C)[nH]n3)no2)c1. The number of nitrogens with one attached hydrogen (secondary N) is 2. The highest BCUT2D eigenvalue weighted by Gasteiger charge is 2.18. The van der Waals surface area contributed by atoms with E-state index in [9.17, 15) is 4.79 Å². The van der Waals surface area contributed by atoms with E-state index in [1.165, 1.54) is 6.07 Å². The van der Waals surface area contributed by atoms with Gasteiger partial charge in [-0.1, -0.05) is 5.16 Å². The molecule has 0 aliphatic carbocycles. The Morgan fingerprint density at radius 3 is 2.71 bits per heavy atom. The van der Waals surface area contributed by atoms with Crippen LogP contribution in [0.2, 0.25) is 0 Å². The van der Waals surface area contributed by atoms with Crippen LogP contribution >= 0.6 is 0 Å². The minimum atomic E-state index is -0.418. The van der Waals surface area contributed by atoms with Crippen LogP contribution in [0.5, 0.6) is 11.5 Å². The van der Waals surface area contributed by atoms with Crippen LogP contribution in [0, 0.1) is 6.92 Å². The highest BCUT2D eigenvalue weighted by molar-refractivity contribution is 6.02. The monoisotopic (exact) mass is 328 g/mol. The number of aromatic amines is 1. The van der Waals surface area contributed by atoms with Gasteiger partial charge in [0.25, 0.3) is 5.91 Å². The molecule has 24 heavy (non-hydrogen) atoms. The largest absolute Gasteiger partial charge is 0.497 e. The van der Waals surface area contributed by atoms with Crippen LogP contribution in [0.15, 0.2) is 34.9 Å². The van der Waals surface area contributed by atoms with Crippen molar-refractivity contribution in [1.82, 2.24) is 15.4 Å². The number of ether oxygens (including phenoxy) is 2. The number of hydrogen-bond acceptors (Lipinski definition) is 6. The summed E-state index contributed by atoms with van der Waals surface area (Å²) in [6, 6.07) is 8.52. The first-order chi connectivity index (χ1) is 11.6. The van der Waals surface area contributed by atoms with E-state index in [2.05, 4.69) is 20.7 Å². The van der Waals surface area contributed by atoms with Crippen molar-refractivity contribution in [3.05, 3.63) is 41.7 Å². The Labute approximate surface area is 137 Å². The Morgan fingerprint density at radius 2 is 2.04 bits per heavy atom. The summed E-state index contributed by atoms with van der Waals surface area (Å²) in [4.78, 5) is 12.2. The Hall–Kier alpha value is -3.29. The molecule has 2 aromatic heterocycles. The average molecular weight is 328 g/mol.